The summed E-state index contributed by atoms with van der Waals surface area (Å²) in [4.78, 5) is 31.7. The zero-order chi connectivity index (χ0) is 19.7. The first-order valence-corrected chi connectivity index (χ1v) is 9.09. The van der Waals surface area contributed by atoms with Crippen LogP contribution in [0.25, 0.3) is 0 Å². The van der Waals surface area contributed by atoms with Gasteiger partial charge in [-0.05, 0) is 43.5 Å². The Morgan fingerprint density at radius 3 is 2.56 bits per heavy atom. The third-order valence-corrected chi connectivity index (χ3v) is 4.68. The molecule has 1 N–H and O–H groups in total. The zero-order valence-electron chi connectivity index (χ0n) is 16.1. The predicted octanol–water partition coefficient (Wildman–Crippen LogP) is 4.21. The van der Waals surface area contributed by atoms with Crippen molar-refractivity contribution in [1.29, 1.82) is 0 Å². The number of aliphatic hydroxyl groups excluding tert-OH is 1. The molecule has 0 radical (unpaired) electrons. The lowest BCUT2D eigenvalue weighted by atomic mass is 9.94. The van der Waals surface area contributed by atoms with E-state index < -0.39 is 17.7 Å². The van der Waals surface area contributed by atoms with Gasteiger partial charge in [-0.15, -0.1) is 0 Å². The van der Waals surface area contributed by atoms with Gasteiger partial charge in [0.2, 0.25) is 0 Å². The Morgan fingerprint density at radius 2 is 1.96 bits per heavy atom. The second kappa shape index (κ2) is 7.35. The minimum absolute atomic E-state index is 0.118. The fourth-order valence-corrected chi connectivity index (χ4v) is 3.51. The van der Waals surface area contributed by atoms with Crippen molar-refractivity contribution in [3.05, 3.63) is 70.7 Å². The van der Waals surface area contributed by atoms with Crippen LogP contribution >= 0.6 is 0 Å². The van der Waals surface area contributed by atoms with E-state index in [0.29, 0.717) is 11.4 Å². The molecule has 27 heavy (non-hydrogen) atoms. The monoisotopic (exact) mass is 364 g/mol. The van der Waals surface area contributed by atoms with E-state index in [1.165, 1.54) is 4.90 Å². The highest BCUT2D eigenvalue weighted by molar-refractivity contribution is 6.16. The molecule has 1 aromatic heterocycles. The minimum Gasteiger partial charge on any atom is -0.503 e. The van der Waals surface area contributed by atoms with E-state index >= 15 is 0 Å². The Morgan fingerprint density at radius 1 is 1.22 bits per heavy atom. The van der Waals surface area contributed by atoms with Crippen LogP contribution < -0.4 is 4.90 Å². The van der Waals surface area contributed by atoms with Gasteiger partial charge in [0.05, 0.1) is 11.3 Å². The van der Waals surface area contributed by atoms with Crippen molar-refractivity contribution >= 4 is 17.4 Å². The fourth-order valence-electron chi connectivity index (χ4n) is 3.51. The van der Waals surface area contributed by atoms with Crippen molar-refractivity contribution in [2.75, 3.05) is 4.90 Å². The number of rotatable bonds is 5. The number of nitrogens with zero attached hydrogens (tertiary/aromatic N) is 2. The van der Waals surface area contributed by atoms with Crippen molar-refractivity contribution in [3.63, 3.8) is 0 Å². The lowest BCUT2D eigenvalue weighted by Gasteiger charge is -2.27. The molecule has 1 aromatic carbocycles. The highest BCUT2D eigenvalue weighted by Gasteiger charge is 2.45. The number of benzene rings is 1. The second-order valence-electron chi connectivity index (χ2n) is 7.41. The smallest absolute Gasteiger partial charge is 0.294 e. The summed E-state index contributed by atoms with van der Waals surface area (Å²) < 4.78 is 0. The number of hydrogen-bond acceptors (Lipinski definition) is 4. The maximum absolute atomic E-state index is 13.0. The highest BCUT2D eigenvalue weighted by Crippen LogP contribution is 2.42. The maximum atomic E-state index is 13.0. The maximum Gasteiger partial charge on any atom is 0.294 e. The summed E-state index contributed by atoms with van der Waals surface area (Å²) >= 11 is 0. The predicted molar refractivity (Wildman–Crippen MR) is 104 cm³/mol. The largest absolute Gasteiger partial charge is 0.503 e. The Bertz CT molecular complexity index is 916. The molecule has 140 valence electrons. The third kappa shape index (κ3) is 3.50. The van der Waals surface area contributed by atoms with Crippen molar-refractivity contribution in [3.8, 4) is 0 Å². The van der Waals surface area contributed by atoms with E-state index in [2.05, 4.69) is 4.98 Å². The normalized spacial score (nSPS) is 17.1. The molecule has 2 heterocycles. The van der Waals surface area contributed by atoms with Crippen molar-refractivity contribution < 1.29 is 14.7 Å². The van der Waals surface area contributed by atoms with Crippen molar-refractivity contribution in [2.45, 2.75) is 40.2 Å². The number of hydrogen-bond donors (Lipinski definition) is 1. The Labute approximate surface area is 159 Å². The average molecular weight is 364 g/mol. The number of aliphatic hydroxyl groups is 1. The molecule has 2 aromatic rings. The Hall–Kier alpha value is -2.95. The van der Waals surface area contributed by atoms with Gasteiger partial charge in [-0.25, -0.2) is 0 Å². The molecule has 0 saturated heterocycles. The van der Waals surface area contributed by atoms with E-state index in [1.54, 1.807) is 18.3 Å². The Balaban J connectivity index is 2.16. The van der Waals surface area contributed by atoms with E-state index in [0.717, 1.165) is 11.1 Å². The number of pyridine rings is 1. The summed E-state index contributed by atoms with van der Waals surface area (Å²) in [5, 5.41) is 10.6. The second-order valence-corrected chi connectivity index (χ2v) is 7.41. The van der Waals surface area contributed by atoms with Crippen molar-refractivity contribution in [1.82, 2.24) is 4.98 Å². The van der Waals surface area contributed by atoms with E-state index in [1.807, 2.05) is 52.0 Å². The molecule has 1 aliphatic heterocycles. The van der Waals surface area contributed by atoms with Crippen LogP contribution in [-0.4, -0.2) is 21.8 Å². The van der Waals surface area contributed by atoms with Gasteiger partial charge in [-0.1, -0.05) is 37.6 Å². The van der Waals surface area contributed by atoms with Crippen LogP contribution in [0.5, 0.6) is 0 Å². The average Bonchev–Trinajstić information content (AvgIpc) is 2.87. The zero-order valence-corrected chi connectivity index (χ0v) is 16.1. The van der Waals surface area contributed by atoms with Crippen LogP contribution in [0.2, 0.25) is 0 Å². The molecule has 1 atom stereocenters. The molecule has 1 unspecified atom stereocenters. The molecule has 1 amide bonds. The van der Waals surface area contributed by atoms with Gasteiger partial charge in [0.25, 0.3) is 5.91 Å². The number of amides is 1. The van der Waals surface area contributed by atoms with Crippen molar-refractivity contribution in [2.24, 2.45) is 5.92 Å². The molecule has 0 spiro atoms. The summed E-state index contributed by atoms with van der Waals surface area (Å²) in [6.45, 7) is 7.76. The SMILES string of the molecule is Cc1ccc(N2C(=O)C(O)=C(C(=O)CC(C)C)C2c2ccccn2)c(C)c1. The van der Waals surface area contributed by atoms with Gasteiger partial charge < -0.3 is 5.11 Å². The number of aryl methyl sites for hydroxylation is 2. The van der Waals surface area contributed by atoms with Crippen LogP contribution in [0, 0.1) is 19.8 Å². The molecular formula is C22H24N2O3. The number of ketones is 1. The molecule has 1 aliphatic rings. The van der Waals surface area contributed by atoms with Crippen LogP contribution in [0.3, 0.4) is 0 Å². The lowest BCUT2D eigenvalue weighted by molar-refractivity contribution is -0.118. The molecule has 0 fully saturated rings. The standard InChI is InChI=1S/C22H24N2O3/c1-13(2)11-18(25)19-20(16-7-5-6-10-23-16)24(22(27)21(19)26)17-9-8-14(3)12-15(17)4/h5-10,12-13,20,26H,11H2,1-4H3. The number of anilines is 1. The third-order valence-electron chi connectivity index (χ3n) is 4.68. The number of carbonyl (C=O) groups is 2. The number of carbonyl (C=O) groups excluding carboxylic acids is 2. The molecule has 0 bridgehead atoms. The Kier molecular flexibility index (Phi) is 5.13. The van der Waals surface area contributed by atoms with Crippen LogP contribution in [0.4, 0.5) is 5.69 Å². The lowest BCUT2D eigenvalue weighted by Crippen LogP contribution is -2.32. The van der Waals surface area contributed by atoms with Gasteiger partial charge in [-0.3, -0.25) is 19.5 Å². The van der Waals surface area contributed by atoms with Gasteiger partial charge in [0.1, 0.15) is 6.04 Å². The molecule has 3 rings (SSSR count). The number of aromatic nitrogens is 1. The minimum atomic E-state index is -0.730. The summed E-state index contributed by atoms with van der Waals surface area (Å²) in [7, 11) is 0. The van der Waals surface area contributed by atoms with Crippen LogP contribution in [0.15, 0.2) is 53.9 Å². The van der Waals surface area contributed by atoms with Gasteiger partial charge >= 0.3 is 0 Å². The first-order valence-electron chi connectivity index (χ1n) is 9.09. The summed E-state index contributed by atoms with van der Waals surface area (Å²) in [5.41, 5.74) is 3.33. The topological polar surface area (TPSA) is 70.5 Å². The fraction of sp³-hybridized carbons (Fsp3) is 0.318. The molecular weight excluding hydrogens is 340 g/mol. The first-order chi connectivity index (χ1) is 12.8. The summed E-state index contributed by atoms with van der Waals surface area (Å²) in [6, 6.07) is 10.4. The first kappa shape index (κ1) is 18.8. The van der Waals surface area contributed by atoms with E-state index in [9.17, 15) is 14.7 Å². The number of Topliss-reactive ketones (excluding diaryl/α,β-unsaturated/α-hetero) is 1. The molecule has 0 saturated carbocycles. The van der Waals surface area contributed by atoms with Crippen LogP contribution in [-0.2, 0) is 9.59 Å². The summed E-state index contributed by atoms with van der Waals surface area (Å²) in [5.74, 6) is -1.15. The molecule has 5 nitrogen and oxygen atoms in total. The van der Waals surface area contributed by atoms with E-state index in [-0.39, 0.29) is 23.7 Å². The van der Waals surface area contributed by atoms with Gasteiger partial charge in [0, 0.05) is 18.3 Å². The molecule has 0 aliphatic carbocycles. The summed E-state index contributed by atoms with van der Waals surface area (Å²) in [6.07, 6.45) is 1.89. The van der Waals surface area contributed by atoms with Gasteiger partial charge in [-0.2, -0.15) is 0 Å². The quantitative estimate of drug-likeness (QED) is 0.862. The van der Waals surface area contributed by atoms with Gasteiger partial charge in [0.15, 0.2) is 11.5 Å². The van der Waals surface area contributed by atoms with Crippen LogP contribution in [0.1, 0.15) is 43.1 Å². The highest BCUT2D eigenvalue weighted by atomic mass is 16.3. The molecule has 5 heteroatoms. The van der Waals surface area contributed by atoms with E-state index in [4.69, 9.17) is 0 Å².